The van der Waals surface area contributed by atoms with Crippen molar-refractivity contribution in [3.63, 3.8) is 0 Å². The van der Waals surface area contributed by atoms with E-state index in [1.54, 1.807) is 12.1 Å². The van der Waals surface area contributed by atoms with Crippen LogP contribution in [0.5, 0.6) is 0 Å². The molecule has 1 aromatic heterocycles. The predicted octanol–water partition coefficient (Wildman–Crippen LogP) is 4.27. The molecule has 0 aliphatic heterocycles. The second-order valence-electron chi connectivity index (χ2n) is 3.97. The molecule has 0 saturated heterocycles. The van der Waals surface area contributed by atoms with Gasteiger partial charge in [0, 0.05) is 23.6 Å². The van der Waals surface area contributed by atoms with Crippen LogP contribution in [0.1, 0.15) is 15.2 Å². The van der Waals surface area contributed by atoms with Crippen LogP contribution < -0.4 is 5.32 Å². The fourth-order valence-electron chi connectivity index (χ4n) is 1.67. The molecule has 0 unspecified atom stereocenters. The maximum atomic E-state index is 11.2. The van der Waals surface area contributed by atoms with E-state index < -0.39 is 10.9 Å². The smallest absolute Gasteiger partial charge is 0.338 e. The van der Waals surface area contributed by atoms with Gasteiger partial charge in [-0.2, -0.15) is 0 Å². The van der Waals surface area contributed by atoms with E-state index in [0.717, 1.165) is 17.0 Å². The maximum Gasteiger partial charge on any atom is 0.338 e. The van der Waals surface area contributed by atoms with Crippen LogP contribution in [0.4, 0.5) is 11.4 Å². The largest absolute Gasteiger partial charge is 0.478 e. The molecule has 0 aliphatic rings. The fraction of sp³-hybridized carbons (Fsp3) is 0.0833. The zero-order chi connectivity index (χ0) is 15.6. The number of halogens is 2. The van der Waals surface area contributed by atoms with E-state index >= 15 is 0 Å². The third-order valence-electron chi connectivity index (χ3n) is 2.58. The van der Waals surface area contributed by atoms with Crippen LogP contribution in [0, 0.1) is 10.1 Å². The number of non-ortho nitro benzene ring substituents is 1. The van der Waals surface area contributed by atoms with E-state index in [9.17, 15) is 14.9 Å². The molecule has 2 rings (SSSR count). The number of thiophene rings is 1. The number of carbonyl (C=O) groups is 1. The van der Waals surface area contributed by atoms with Crippen LogP contribution in [0.15, 0.2) is 24.3 Å². The minimum atomic E-state index is -1.30. The first kappa shape index (κ1) is 15.6. The van der Waals surface area contributed by atoms with Gasteiger partial charge in [0.1, 0.15) is 0 Å². The van der Waals surface area contributed by atoms with Crippen molar-refractivity contribution in [1.29, 1.82) is 0 Å². The number of nitro benzene ring substituents is 1. The Morgan fingerprint density at radius 1 is 1.38 bits per heavy atom. The number of benzene rings is 1. The topological polar surface area (TPSA) is 92.5 Å². The van der Waals surface area contributed by atoms with Gasteiger partial charge in [0.25, 0.3) is 5.69 Å². The SMILES string of the molecule is O=C(O)c1cc([N+](=O)[O-])cc(Cl)c1NCc1ccc(Cl)s1. The minimum Gasteiger partial charge on any atom is -0.478 e. The molecule has 0 amide bonds. The number of carboxylic acids is 1. The van der Waals surface area contributed by atoms with Gasteiger partial charge in [0.2, 0.25) is 0 Å². The predicted molar refractivity (Wildman–Crippen MR) is 81.7 cm³/mol. The number of rotatable bonds is 5. The van der Waals surface area contributed by atoms with Crippen molar-refractivity contribution in [2.24, 2.45) is 0 Å². The zero-order valence-corrected chi connectivity index (χ0v) is 12.6. The summed E-state index contributed by atoms with van der Waals surface area (Å²) >= 11 is 13.1. The molecule has 0 radical (unpaired) electrons. The lowest BCUT2D eigenvalue weighted by Crippen LogP contribution is -2.07. The maximum absolute atomic E-state index is 11.2. The summed E-state index contributed by atoms with van der Waals surface area (Å²) in [4.78, 5) is 22.2. The molecule has 110 valence electrons. The Morgan fingerprint density at radius 2 is 2.10 bits per heavy atom. The lowest BCUT2D eigenvalue weighted by atomic mass is 10.1. The van der Waals surface area contributed by atoms with Crippen molar-refractivity contribution in [3.8, 4) is 0 Å². The second-order valence-corrected chi connectivity index (χ2v) is 6.18. The van der Waals surface area contributed by atoms with Crippen molar-refractivity contribution in [2.75, 3.05) is 5.32 Å². The number of carboxylic acid groups (broad SMARTS) is 1. The molecule has 0 bridgehead atoms. The molecule has 21 heavy (non-hydrogen) atoms. The second kappa shape index (κ2) is 6.30. The van der Waals surface area contributed by atoms with Gasteiger partial charge in [0.15, 0.2) is 0 Å². The van der Waals surface area contributed by atoms with Crippen LogP contribution >= 0.6 is 34.5 Å². The third kappa shape index (κ3) is 3.63. The van der Waals surface area contributed by atoms with Gasteiger partial charge in [-0.1, -0.05) is 23.2 Å². The number of nitro groups is 1. The summed E-state index contributed by atoms with van der Waals surface area (Å²) < 4.78 is 0.611. The highest BCUT2D eigenvalue weighted by Gasteiger charge is 2.20. The molecule has 2 N–H and O–H groups in total. The monoisotopic (exact) mass is 346 g/mol. The number of anilines is 1. The Balaban J connectivity index is 2.33. The summed E-state index contributed by atoms with van der Waals surface area (Å²) in [6.45, 7) is 0.315. The lowest BCUT2D eigenvalue weighted by Gasteiger charge is -2.10. The summed E-state index contributed by atoms with van der Waals surface area (Å²) in [6, 6.07) is 5.59. The lowest BCUT2D eigenvalue weighted by molar-refractivity contribution is -0.384. The molecule has 6 nitrogen and oxygen atoms in total. The molecular formula is C12H8Cl2N2O4S. The Kier molecular flexibility index (Phi) is 4.66. The third-order valence-corrected chi connectivity index (χ3v) is 4.11. The first-order valence-electron chi connectivity index (χ1n) is 5.58. The van der Waals surface area contributed by atoms with Crippen molar-refractivity contribution < 1.29 is 14.8 Å². The first-order chi connectivity index (χ1) is 9.88. The fourth-order valence-corrected chi connectivity index (χ4v) is 2.98. The van der Waals surface area contributed by atoms with Gasteiger partial charge in [-0.25, -0.2) is 4.79 Å². The molecule has 1 aromatic carbocycles. The Labute approximate surface area is 133 Å². The summed E-state index contributed by atoms with van der Waals surface area (Å²) in [5.74, 6) is -1.30. The van der Waals surface area contributed by atoms with Gasteiger partial charge in [-0.3, -0.25) is 10.1 Å². The van der Waals surface area contributed by atoms with E-state index in [2.05, 4.69) is 5.32 Å². The van der Waals surface area contributed by atoms with E-state index in [-0.39, 0.29) is 22.0 Å². The van der Waals surface area contributed by atoms with Crippen LogP contribution in [-0.4, -0.2) is 16.0 Å². The normalized spacial score (nSPS) is 10.4. The van der Waals surface area contributed by atoms with Crippen LogP contribution in [0.3, 0.4) is 0 Å². The van der Waals surface area contributed by atoms with Crippen LogP contribution in [0.2, 0.25) is 9.36 Å². The summed E-state index contributed by atoms with van der Waals surface area (Å²) in [6.07, 6.45) is 0. The van der Waals surface area contributed by atoms with Crippen molar-refractivity contribution in [2.45, 2.75) is 6.54 Å². The number of nitrogens with zero attached hydrogens (tertiary/aromatic N) is 1. The summed E-state index contributed by atoms with van der Waals surface area (Å²) in [5, 5.41) is 22.8. The van der Waals surface area contributed by atoms with Crippen molar-refractivity contribution in [3.05, 3.63) is 54.2 Å². The van der Waals surface area contributed by atoms with Gasteiger partial charge in [-0.15, -0.1) is 11.3 Å². The van der Waals surface area contributed by atoms with E-state index in [0.29, 0.717) is 10.9 Å². The summed E-state index contributed by atoms with van der Waals surface area (Å²) in [5.41, 5.74) is -0.488. The minimum absolute atomic E-state index is 0.0238. The highest BCUT2D eigenvalue weighted by Crippen LogP contribution is 2.32. The quantitative estimate of drug-likeness (QED) is 0.622. The Morgan fingerprint density at radius 3 is 2.62 bits per heavy atom. The molecule has 0 aliphatic carbocycles. The highest BCUT2D eigenvalue weighted by molar-refractivity contribution is 7.16. The number of aromatic carboxylic acids is 1. The van der Waals surface area contributed by atoms with E-state index in [4.69, 9.17) is 28.3 Å². The van der Waals surface area contributed by atoms with Crippen molar-refractivity contribution >= 4 is 51.9 Å². The Hall–Kier alpha value is -1.83. The number of hydrogen-bond donors (Lipinski definition) is 2. The van der Waals surface area contributed by atoms with Crippen LogP contribution in [0.25, 0.3) is 0 Å². The van der Waals surface area contributed by atoms with Gasteiger partial charge < -0.3 is 10.4 Å². The number of nitrogens with one attached hydrogen (secondary N) is 1. The average molecular weight is 347 g/mol. The zero-order valence-electron chi connectivity index (χ0n) is 10.3. The molecule has 2 aromatic rings. The highest BCUT2D eigenvalue weighted by atomic mass is 35.5. The standard InChI is InChI=1S/C12H8Cl2N2O4S/c13-9-4-6(16(19)20)3-8(12(17)18)11(9)15-5-7-1-2-10(14)21-7/h1-4,15H,5H2,(H,17,18). The van der Waals surface area contributed by atoms with Gasteiger partial charge in [-0.05, 0) is 12.1 Å². The first-order valence-corrected chi connectivity index (χ1v) is 7.15. The van der Waals surface area contributed by atoms with Crippen molar-refractivity contribution in [1.82, 2.24) is 0 Å². The Bertz CT molecular complexity index is 717. The molecule has 0 atom stereocenters. The van der Waals surface area contributed by atoms with Gasteiger partial charge in [0.05, 0.1) is 25.5 Å². The molecule has 0 saturated carbocycles. The molecule has 9 heteroatoms. The van der Waals surface area contributed by atoms with Crippen LogP contribution in [-0.2, 0) is 6.54 Å². The van der Waals surface area contributed by atoms with E-state index in [1.807, 2.05) is 0 Å². The number of hydrogen-bond acceptors (Lipinski definition) is 5. The molecule has 0 spiro atoms. The molecule has 0 fully saturated rings. The summed E-state index contributed by atoms with van der Waals surface area (Å²) in [7, 11) is 0. The van der Waals surface area contributed by atoms with E-state index in [1.165, 1.54) is 11.3 Å². The van der Waals surface area contributed by atoms with Gasteiger partial charge >= 0.3 is 5.97 Å². The molecule has 1 heterocycles. The average Bonchev–Trinajstić information content (AvgIpc) is 2.82. The molecular weight excluding hydrogens is 339 g/mol.